The van der Waals surface area contributed by atoms with Gasteiger partial charge in [-0.1, -0.05) is 23.5 Å². The van der Waals surface area contributed by atoms with Crippen LogP contribution in [0.15, 0.2) is 30.3 Å². The molecule has 34 heavy (non-hydrogen) atoms. The van der Waals surface area contributed by atoms with Crippen LogP contribution in [0.1, 0.15) is 43.4 Å². The average molecular weight is 482 g/mol. The fourth-order valence-electron chi connectivity index (χ4n) is 4.58. The molecule has 4 rings (SSSR count). The fourth-order valence-corrected chi connectivity index (χ4v) is 5.76. The number of nitrogens with zero attached hydrogens (tertiary/aromatic N) is 2. The Labute approximate surface area is 206 Å². The van der Waals surface area contributed by atoms with Gasteiger partial charge in [0.15, 0.2) is 16.6 Å². The van der Waals surface area contributed by atoms with E-state index in [1.54, 1.807) is 11.3 Å². The van der Waals surface area contributed by atoms with Gasteiger partial charge in [0.2, 0.25) is 5.91 Å². The molecule has 1 saturated heterocycles. The number of nitrogens with one attached hydrogen (secondary N) is 1. The number of benzene rings is 2. The van der Waals surface area contributed by atoms with Crippen LogP contribution in [0.5, 0.6) is 11.5 Å². The van der Waals surface area contributed by atoms with Crippen LogP contribution in [0.25, 0.3) is 10.2 Å². The first-order valence-electron chi connectivity index (χ1n) is 12.3. The summed E-state index contributed by atoms with van der Waals surface area (Å²) in [7, 11) is 0. The number of aryl methyl sites for hydroxylation is 2. The molecule has 1 amide bonds. The molecular formula is C27H35N3O3S. The number of amides is 1. The Morgan fingerprint density at radius 3 is 2.74 bits per heavy atom. The molecule has 0 bridgehead atoms. The van der Waals surface area contributed by atoms with E-state index in [1.807, 2.05) is 32.0 Å². The summed E-state index contributed by atoms with van der Waals surface area (Å²) >= 11 is 1.73. The summed E-state index contributed by atoms with van der Waals surface area (Å²) in [5.41, 5.74) is 4.68. The van der Waals surface area contributed by atoms with E-state index < -0.39 is 0 Å². The molecule has 1 aliphatic rings. The van der Waals surface area contributed by atoms with Crippen LogP contribution in [0, 0.1) is 19.8 Å². The predicted octanol–water partition coefficient (Wildman–Crippen LogP) is 5.29. The van der Waals surface area contributed by atoms with Gasteiger partial charge in [-0.05, 0) is 81.8 Å². The van der Waals surface area contributed by atoms with Crippen molar-refractivity contribution in [2.45, 2.75) is 47.0 Å². The van der Waals surface area contributed by atoms with Gasteiger partial charge in [0, 0.05) is 19.6 Å². The Morgan fingerprint density at radius 1 is 1.15 bits per heavy atom. The highest BCUT2D eigenvalue weighted by atomic mass is 32.1. The standard InChI is InChI=1S/C27H35N3O3S/c1-5-32-22-10-9-20(16-23(22)33-6-2)11-12-28-26(31)21-8-7-13-30(17-21)27-29-25-19(4)14-18(3)15-24(25)34-27/h9-10,14-16,21H,5-8,11-13,17H2,1-4H3,(H,28,31)/t21-/m1/s1. The second-order valence-corrected chi connectivity index (χ2v) is 9.91. The molecule has 0 radical (unpaired) electrons. The molecule has 182 valence electrons. The number of carbonyl (C=O) groups is 1. The van der Waals surface area contributed by atoms with Crippen molar-refractivity contribution < 1.29 is 14.3 Å². The lowest BCUT2D eigenvalue weighted by molar-refractivity contribution is -0.125. The zero-order valence-electron chi connectivity index (χ0n) is 20.6. The maximum absolute atomic E-state index is 12.9. The van der Waals surface area contributed by atoms with Gasteiger partial charge >= 0.3 is 0 Å². The smallest absolute Gasteiger partial charge is 0.224 e. The summed E-state index contributed by atoms with van der Waals surface area (Å²) < 4.78 is 12.6. The number of aromatic nitrogens is 1. The van der Waals surface area contributed by atoms with Crippen molar-refractivity contribution in [1.29, 1.82) is 0 Å². The largest absolute Gasteiger partial charge is 0.490 e. The third kappa shape index (κ3) is 5.63. The van der Waals surface area contributed by atoms with Gasteiger partial charge < -0.3 is 19.7 Å². The van der Waals surface area contributed by atoms with E-state index >= 15 is 0 Å². The van der Waals surface area contributed by atoms with E-state index in [4.69, 9.17) is 14.5 Å². The molecule has 1 aromatic heterocycles. The Balaban J connectivity index is 1.34. The summed E-state index contributed by atoms with van der Waals surface area (Å²) in [5.74, 6) is 1.65. The topological polar surface area (TPSA) is 63.7 Å². The number of hydrogen-bond acceptors (Lipinski definition) is 6. The molecule has 1 atom stereocenters. The monoisotopic (exact) mass is 481 g/mol. The highest BCUT2D eigenvalue weighted by Gasteiger charge is 2.27. The van der Waals surface area contributed by atoms with Crippen molar-refractivity contribution in [3.05, 3.63) is 47.0 Å². The van der Waals surface area contributed by atoms with Crippen LogP contribution in [0.3, 0.4) is 0 Å². The van der Waals surface area contributed by atoms with E-state index in [-0.39, 0.29) is 11.8 Å². The molecule has 0 saturated carbocycles. The number of carbonyl (C=O) groups excluding carboxylic acids is 1. The molecule has 2 heterocycles. The van der Waals surface area contributed by atoms with Crippen molar-refractivity contribution in [3.63, 3.8) is 0 Å². The summed E-state index contributed by atoms with van der Waals surface area (Å²) in [6, 6.07) is 10.4. The van der Waals surface area contributed by atoms with Gasteiger partial charge in [-0.15, -0.1) is 0 Å². The van der Waals surface area contributed by atoms with E-state index in [0.29, 0.717) is 19.8 Å². The zero-order valence-corrected chi connectivity index (χ0v) is 21.5. The number of ether oxygens (including phenoxy) is 2. The van der Waals surface area contributed by atoms with Crippen LogP contribution < -0.4 is 19.7 Å². The Morgan fingerprint density at radius 2 is 1.94 bits per heavy atom. The molecule has 7 heteroatoms. The maximum Gasteiger partial charge on any atom is 0.224 e. The van der Waals surface area contributed by atoms with Crippen molar-refractivity contribution in [2.75, 3.05) is 37.7 Å². The first-order valence-corrected chi connectivity index (χ1v) is 13.1. The predicted molar refractivity (Wildman–Crippen MR) is 140 cm³/mol. The maximum atomic E-state index is 12.9. The molecule has 1 aliphatic heterocycles. The van der Waals surface area contributed by atoms with Crippen molar-refractivity contribution in [3.8, 4) is 11.5 Å². The second-order valence-electron chi connectivity index (χ2n) is 8.90. The lowest BCUT2D eigenvalue weighted by Gasteiger charge is -2.31. The first kappa shape index (κ1) is 24.3. The van der Waals surface area contributed by atoms with Crippen molar-refractivity contribution >= 4 is 32.6 Å². The van der Waals surface area contributed by atoms with Crippen LogP contribution >= 0.6 is 11.3 Å². The van der Waals surface area contributed by atoms with Crippen molar-refractivity contribution in [2.24, 2.45) is 5.92 Å². The third-order valence-electron chi connectivity index (χ3n) is 6.20. The van der Waals surface area contributed by atoms with E-state index in [1.165, 1.54) is 15.8 Å². The Bertz CT molecular complexity index is 1140. The Kier molecular flexibility index (Phi) is 7.93. The van der Waals surface area contributed by atoms with Crippen LogP contribution in [-0.2, 0) is 11.2 Å². The van der Waals surface area contributed by atoms with Crippen LogP contribution in [0.2, 0.25) is 0 Å². The summed E-state index contributed by atoms with van der Waals surface area (Å²) in [6.07, 6.45) is 2.68. The minimum absolute atomic E-state index is 0.0112. The van der Waals surface area contributed by atoms with E-state index in [2.05, 4.69) is 36.2 Å². The Hall–Kier alpha value is -2.80. The van der Waals surface area contributed by atoms with Crippen LogP contribution in [0.4, 0.5) is 5.13 Å². The first-order chi connectivity index (χ1) is 16.5. The van der Waals surface area contributed by atoms with E-state index in [9.17, 15) is 4.79 Å². The number of thiazole rings is 1. The average Bonchev–Trinajstić information content (AvgIpc) is 3.25. The lowest BCUT2D eigenvalue weighted by Crippen LogP contribution is -2.43. The van der Waals surface area contributed by atoms with Gasteiger partial charge in [-0.2, -0.15) is 0 Å². The molecule has 1 fully saturated rings. The van der Waals surface area contributed by atoms with Crippen LogP contribution in [-0.4, -0.2) is 43.7 Å². The number of rotatable bonds is 9. The number of anilines is 1. The molecular weight excluding hydrogens is 446 g/mol. The molecule has 0 aliphatic carbocycles. The van der Waals surface area contributed by atoms with Gasteiger partial charge in [-0.25, -0.2) is 4.98 Å². The molecule has 1 N–H and O–H groups in total. The molecule has 0 unspecified atom stereocenters. The quantitative estimate of drug-likeness (QED) is 0.450. The SMILES string of the molecule is CCOc1ccc(CCNC(=O)[C@@H]2CCCN(c3nc4c(C)cc(C)cc4s3)C2)cc1OCC. The van der Waals surface area contributed by atoms with Gasteiger partial charge in [0.25, 0.3) is 0 Å². The summed E-state index contributed by atoms with van der Waals surface area (Å²) in [6.45, 7) is 11.6. The van der Waals surface area contributed by atoms with E-state index in [0.717, 1.165) is 60.1 Å². The highest BCUT2D eigenvalue weighted by molar-refractivity contribution is 7.22. The summed E-state index contributed by atoms with van der Waals surface area (Å²) in [5, 5.41) is 4.18. The van der Waals surface area contributed by atoms with Crippen molar-refractivity contribution in [1.82, 2.24) is 10.3 Å². The normalized spacial score (nSPS) is 16.0. The molecule has 6 nitrogen and oxygen atoms in total. The minimum Gasteiger partial charge on any atom is -0.490 e. The highest BCUT2D eigenvalue weighted by Crippen LogP contribution is 2.34. The molecule has 3 aromatic rings. The third-order valence-corrected chi connectivity index (χ3v) is 7.27. The minimum atomic E-state index is -0.0112. The lowest BCUT2D eigenvalue weighted by atomic mass is 9.97. The molecule has 0 spiro atoms. The molecule has 2 aromatic carbocycles. The van der Waals surface area contributed by atoms with Gasteiger partial charge in [-0.3, -0.25) is 4.79 Å². The van der Waals surface area contributed by atoms with Gasteiger partial charge in [0.05, 0.1) is 29.3 Å². The number of fused-ring (bicyclic) bond motifs is 1. The summed E-state index contributed by atoms with van der Waals surface area (Å²) in [4.78, 5) is 20.1. The zero-order chi connectivity index (χ0) is 24.1. The number of hydrogen-bond donors (Lipinski definition) is 1. The van der Waals surface area contributed by atoms with Gasteiger partial charge in [0.1, 0.15) is 0 Å². The second kappa shape index (κ2) is 11.1. The fraction of sp³-hybridized carbons (Fsp3) is 0.481. The number of piperidine rings is 1.